The van der Waals surface area contributed by atoms with Gasteiger partial charge in [0, 0.05) is 17.3 Å². The second-order valence-corrected chi connectivity index (χ2v) is 10.8. The lowest BCUT2D eigenvalue weighted by Crippen LogP contribution is -2.29. The van der Waals surface area contributed by atoms with E-state index in [-0.39, 0.29) is 22.8 Å². The first kappa shape index (κ1) is 23.0. The maximum Gasteiger partial charge on any atom is 0.264 e. The van der Waals surface area contributed by atoms with Gasteiger partial charge < -0.3 is 10.1 Å². The summed E-state index contributed by atoms with van der Waals surface area (Å²) in [6.07, 6.45) is 0.857. The highest BCUT2D eigenvalue weighted by Crippen LogP contribution is 2.31. The van der Waals surface area contributed by atoms with Gasteiger partial charge in [-0.1, -0.05) is 58.0 Å². The Hall–Kier alpha value is -3.13. The first-order valence-electron chi connectivity index (χ1n) is 11.2. The standard InChI is InChI=1S/C25H30N4O3S/c1-16(2)12-19-15-32-24-14-23(22-11-6-5-10-21(22)17(3)4)27-25(28-24)29-33(30,31)20-9-7-8-18(13-20)26-19/h5-11,13-14,16-17,19,26H,12,15H2,1-4H3,(H,27,28,29)/t19-/m1/s1. The molecule has 174 valence electrons. The monoisotopic (exact) mass is 466 g/mol. The van der Waals surface area contributed by atoms with E-state index in [1.165, 1.54) is 0 Å². The fraction of sp³-hybridized carbons (Fsp3) is 0.360. The second-order valence-electron chi connectivity index (χ2n) is 9.07. The largest absolute Gasteiger partial charge is 0.475 e. The number of nitrogens with zero attached hydrogens (tertiary/aromatic N) is 2. The molecule has 4 rings (SSSR count). The fourth-order valence-electron chi connectivity index (χ4n) is 4.01. The minimum atomic E-state index is -3.88. The Morgan fingerprint density at radius 1 is 1.03 bits per heavy atom. The molecule has 0 aliphatic carbocycles. The van der Waals surface area contributed by atoms with Gasteiger partial charge in [-0.2, -0.15) is 4.98 Å². The van der Waals surface area contributed by atoms with E-state index in [0.29, 0.717) is 24.1 Å². The summed E-state index contributed by atoms with van der Waals surface area (Å²) < 4.78 is 34.8. The lowest BCUT2D eigenvalue weighted by atomic mass is 9.95. The van der Waals surface area contributed by atoms with Gasteiger partial charge in [0.2, 0.25) is 11.8 Å². The molecule has 0 radical (unpaired) electrons. The molecule has 0 unspecified atom stereocenters. The number of hydrogen-bond acceptors (Lipinski definition) is 6. The highest BCUT2D eigenvalue weighted by molar-refractivity contribution is 7.92. The van der Waals surface area contributed by atoms with Crippen LogP contribution in [0.5, 0.6) is 5.88 Å². The number of anilines is 2. The van der Waals surface area contributed by atoms with Crippen molar-refractivity contribution in [2.24, 2.45) is 5.92 Å². The van der Waals surface area contributed by atoms with E-state index in [2.05, 4.69) is 53.8 Å². The number of benzene rings is 2. The molecule has 33 heavy (non-hydrogen) atoms. The molecule has 2 N–H and O–H groups in total. The van der Waals surface area contributed by atoms with Crippen LogP contribution >= 0.6 is 0 Å². The van der Waals surface area contributed by atoms with Gasteiger partial charge in [0.1, 0.15) is 6.61 Å². The van der Waals surface area contributed by atoms with Gasteiger partial charge in [0.25, 0.3) is 10.0 Å². The van der Waals surface area contributed by atoms with Crippen molar-refractivity contribution < 1.29 is 13.2 Å². The van der Waals surface area contributed by atoms with Crippen LogP contribution in [0, 0.1) is 5.92 Å². The topological polar surface area (TPSA) is 93.2 Å². The number of sulfonamides is 1. The molecule has 2 heterocycles. The zero-order valence-corrected chi connectivity index (χ0v) is 20.2. The Morgan fingerprint density at radius 3 is 2.58 bits per heavy atom. The van der Waals surface area contributed by atoms with E-state index in [0.717, 1.165) is 23.2 Å². The molecule has 1 atom stereocenters. The molecule has 1 aromatic heterocycles. The molecular formula is C25H30N4O3S. The molecule has 0 spiro atoms. The number of aromatic nitrogens is 2. The van der Waals surface area contributed by atoms with Gasteiger partial charge in [-0.3, -0.25) is 0 Å². The third kappa shape index (κ3) is 5.45. The van der Waals surface area contributed by atoms with Gasteiger partial charge >= 0.3 is 0 Å². The molecule has 8 heteroatoms. The smallest absolute Gasteiger partial charge is 0.264 e. The molecule has 3 aromatic rings. The van der Waals surface area contributed by atoms with Crippen LogP contribution in [0.4, 0.5) is 11.6 Å². The van der Waals surface area contributed by atoms with Crippen LogP contribution in [-0.2, 0) is 10.0 Å². The average Bonchev–Trinajstić information content (AvgIpc) is 2.76. The summed E-state index contributed by atoms with van der Waals surface area (Å²) in [5, 5.41) is 3.42. The van der Waals surface area contributed by atoms with Crippen molar-refractivity contribution in [2.75, 3.05) is 16.6 Å². The minimum Gasteiger partial charge on any atom is -0.475 e. The van der Waals surface area contributed by atoms with Crippen LogP contribution in [0.1, 0.15) is 45.6 Å². The summed E-state index contributed by atoms with van der Waals surface area (Å²) in [6.45, 7) is 8.90. The van der Waals surface area contributed by atoms with Gasteiger partial charge in [0.05, 0.1) is 16.6 Å². The first-order valence-corrected chi connectivity index (χ1v) is 12.7. The van der Waals surface area contributed by atoms with E-state index in [1.807, 2.05) is 24.3 Å². The summed E-state index contributed by atoms with van der Waals surface area (Å²) in [7, 11) is -3.88. The molecule has 2 aromatic carbocycles. The van der Waals surface area contributed by atoms with Crippen molar-refractivity contribution in [1.82, 2.24) is 9.97 Å². The van der Waals surface area contributed by atoms with Crippen LogP contribution in [-0.4, -0.2) is 31.0 Å². The number of hydrogen-bond donors (Lipinski definition) is 2. The van der Waals surface area contributed by atoms with Crippen LogP contribution in [0.2, 0.25) is 0 Å². The Kier molecular flexibility index (Phi) is 6.56. The predicted molar refractivity (Wildman–Crippen MR) is 131 cm³/mol. The van der Waals surface area contributed by atoms with Crippen LogP contribution in [0.25, 0.3) is 11.3 Å². The van der Waals surface area contributed by atoms with E-state index in [1.54, 1.807) is 24.3 Å². The van der Waals surface area contributed by atoms with E-state index < -0.39 is 10.0 Å². The maximum atomic E-state index is 13.1. The lowest BCUT2D eigenvalue weighted by molar-refractivity contribution is 0.271. The van der Waals surface area contributed by atoms with Gasteiger partial charge in [0.15, 0.2) is 0 Å². The molecule has 0 fully saturated rings. The number of fused-ring (bicyclic) bond motifs is 4. The number of nitrogens with one attached hydrogen (secondary N) is 2. The van der Waals surface area contributed by atoms with Crippen molar-refractivity contribution >= 4 is 21.7 Å². The van der Waals surface area contributed by atoms with Gasteiger partial charge in [-0.15, -0.1) is 0 Å². The molecule has 0 saturated heterocycles. The third-order valence-electron chi connectivity index (χ3n) is 5.49. The number of rotatable bonds is 4. The van der Waals surface area contributed by atoms with E-state index in [4.69, 9.17) is 4.74 Å². The summed E-state index contributed by atoms with van der Waals surface area (Å²) in [5.74, 6) is 1.02. The van der Waals surface area contributed by atoms with Crippen LogP contribution in [0.3, 0.4) is 0 Å². The average molecular weight is 467 g/mol. The highest BCUT2D eigenvalue weighted by Gasteiger charge is 2.21. The predicted octanol–water partition coefficient (Wildman–Crippen LogP) is 5.29. The molecule has 7 nitrogen and oxygen atoms in total. The summed E-state index contributed by atoms with van der Waals surface area (Å²) in [4.78, 5) is 9.06. The zero-order chi connectivity index (χ0) is 23.6. The molecule has 4 bridgehead atoms. The Bertz CT molecular complexity index is 1240. The molecular weight excluding hydrogens is 436 g/mol. The Labute approximate surface area is 195 Å². The molecule has 0 saturated carbocycles. The van der Waals surface area contributed by atoms with Crippen molar-refractivity contribution in [1.29, 1.82) is 0 Å². The first-order chi connectivity index (χ1) is 15.7. The zero-order valence-electron chi connectivity index (χ0n) is 19.4. The van der Waals surface area contributed by atoms with Crippen LogP contribution in [0.15, 0.2) is 59.5 Å². The van der Waals surface area contributed by atoms with Crippen molar-refractivity contribution in [3.8, 4) is 17.1 Å². The highest BCUT2D eigenvalue weighted by atomic mass is 32.2. The van der Waals surface area contributed by atoms with E-state index in [9.17, 15) is 8.42 Å². The summed E-state index contributed by atoms with van der Waals surface area (Å²) in [5.41, 5.74) is 3.38. The molecule has 1 aliphatic rings. The Balaban J connectivity index is 1.83. The van der Waals surface area contributed by atoms with Crippen molar-refractivity contribution in [3.63, 3.8) is 0 Å². The van der Waals surface area contributed by atoms with Gasteiger partial charge in [-0.05, 0) is 42.0 Å². The minimum absolute atomic E-state index is 0.0135. The van der Waals surface area contributed by atoms with Crippen molar-refractivity contribution in [2.45, 2.75) is 51.0 Å². The van der Waals surface area contributed by atoms with Crippen molar-refractivity contribution in [3.05, 3.63) is 60.2 Å². The fourth-order valence-corrected chi connectivity index (χ4v) is 5.00. The SMILES string of the molecule is CC(C)C[C@@H]1COc2cc(-c3ccccc3C(C)C)nc(n2)NS(=O)(=O)c2cccc(c2)N1. The second kappa shape index (κ2) is 9.39. The molecule has 0 amide bonds. The quantitative estimate of drug-likeness (QED) is 0.543. The Morgan fingerprint density at radius 2 is 1.82 bits per heavy atom. The molecule has 1 aliphatic heterocycles. The summed E-state index contributed by atoms with van der Waals surface area (Å²) in [6, 6.07) is 16.5. The maximum absolute atomic E-state index is 13.1. The number of ether oxygens (including phenoxy) is 1. The van der Waals surface area contributed by atoms with Gasteiger partial charge in [-0.25, -0.2) is 18.1 Å². The summed E-state index contributed by atoms with van der Waals surface area (Å²) >= 11 is 0. The van der Waals surface area contributed by atoms with E-state index >= 15 is 0 Å². The third-order valence-corrected chi connectivity index (χ3v) is 6.82. The lowest BCUT2D eigenvalue weighted by Gasteiger charge is -2.23. The van der Waals surface area contributed by atoms with Crippen LogP contribution < -0.4 is 14.8 Å². The normalized spacial score (nSPS) is 17.3.